The molecular formula is C17H21NO3. The molecule has 0 unspecified atom stereocenters. The molecule has 2 rings (SSSR count). The summed E-state index contributed by atoms with van der Waals surface area (Å²) in [6.07, 6.45) is 0. The first-order chi connectivity index (χ1) is 10.3. The van der Waals surface area contributed by atoms with Crippen molar-refractivity contribution in [2.24, 2.45) is 0 Å². The summed E-state index contributed by atoms with van der Waals surface area (Å²) in [5.41, 5.74) is 2.25. The van der Waals surface area contributed by atoms with Crippen molar-refractivity contribution >= 4 is 0 Å². The SMILES string of the molecule is COc1cccc(CNCc2cc(OC)ccc2OC)c1. The van der Waals surface area contributed by atoms with Crippen molar-refractivity contribution in [3.05, 3.63) is 53.6 Å². The van der Waals surface area contributed by atoms with E-state index in [1.54, 1.807) is 21.3 Å². The molecule has 0 heterocycles. The molecule has 0 aliphatic rings. The van der Waals surface area contributed by atoms with Crippen LogP contribution in [0.2, 0.25) is 0 Å². The Morgan fingerprint density at radius 3 is 2.29 bits per heavy atom. The van der Waals surface area contributed by atoms with Crippen molar-refractivity contribution in [2.75, 3.05) is 21.3 Å². The Hall–Kier alpha value is -2.20. The minimum absolute atomic E-state index is 0.706. The number of benzene rings is 2. The van der Waals surface area contributed by atoms with Crippen LogP contribution in [-0.2, 0) is 13.1 Å². The molecule has 21 heavy (non-hydrogen) atoms. The van der Waals surface area contributed by atoms with Crippen LogP contribution in [-0.4, -0.2) is 21.3 Å². The van der Waals surface area contributed by atoms with Gasteiger partial charge in [0.2, 0.25) is 0 Å². The van der Waals surface area contributed by atoms with Crippen molar-refractivity contribution in [2.45, 2.75) is 13.1 Å². The predicted octanol–water partition coefficient (Wildman–Crippen LogP) is 3.00. The lowest BCUT2D eigenvalue weighted by Gasteiger charge is -2.12. The topological polar surface area (TPSA) is 39.7 Å². The highest BCUT2D eigenvalue weighted by Gasteiger charge is 2.05. The van der Waals surface area contributed by atoms with Crippen LogP contribution in [0.25, 0.3) is 0 Å². The van der Waals surface area contributed by atoms with E-state index >= 15 is 0 Å². The summed E-state index contributed by atoms with van der Waals surface area (Å²) < 4.78 is 15.8. The van der Waals surface area contributed by atoms with Crippen LogP contribution in [0, 0.1) is 0 Å². The Bertz CT molecular complexity index is 584. The second-order valence-corrected chi connectivity index (χ2v) is 4.63. The maximum atomic E-state index is 5.37. The van der Waals surface area contributed by atoms with Crippen LogP contribution in [0.4, 0.5) is 0 Å². The predicted molar refractivity (Wildman–Crippen MR) is 83.1 cm³/mol. The molecular weight excluding hydrogens is 266 g/mol. The van der Waals surface area contributed by atoms with Gasteiger partial charge >= 0.3 is 0 Å². The summed E-state index contributed by atoms with van der Waals surface area (Å²) in [7, 11) is 5.01. The molecule has 0 amide bonds. The molecule has 2 aromatic carbocycles. The van der Waals surface area contributed by atoms with Gasteiger partial charge in [-0.05, 0) is 35.9 Å². The Kier molecular flexibility index (Phi) is 5.46. The zero-order chi connectivity index (χ0) is 15.1. The fraction of sp³-hybridized carbons (Fsp3) is 0.294. The summed E-state index contributed by atoms with van der Waals surface area (Å²) in [5, 5.41) is 3.40. The molecule has 2 aromatic rings. The Morgan fingerprint density at radius 1 is 0.810 bits per heavy atom. The van der Waals surface area contributed by atoms with Crippen LogP contribution in [0.15, 0.2) is 42.5 Å². The molecule has 0 aromatic heterocycles. The molecule has 0 aliphatic heterocycles. The van der Waals surface area contributed by atoms with E-state index in [4.69, 9.17) is 14.2 Å². The average molecular weight is 287 g/mol. The molecule has 0 radical (unpaired) electrons. The van der Waals surface area contributed by atoms with Gasteiger partial charge in [-0.1, -0.05) is 12.1 Å². The van der Waals surface area contributed by atoms with E-state index in [9.17, 15) is 0 Å². The maximum Gasteiger partial charge on any atom is 0.123 e. The Labute approximate surface area is 125 Å². The van der Waals surface area contributed by atoms with E-state index in [0.717, 1.165) is 29.4 Å². The van der Waals surface area contributed by atoms with Crippen molar-refractivity contribution in [1.82, 2.24) is 5.32 Å². The molecule has 112 valence electrons. The number of rotatable bonds is 7. The molecule has 0 saturated heterocycles. The third kappa shape index (κ3) is 4.13. The molecule has 0 spiro atoms. The molecule has 4 heteroatoms. The van der Waals surface area contributed by atoms with E-state index in [1.807, 2.05) is 36.4 Å². The first-order valence-electron chi connectivity index (χ1n) is 6.81. The van der Waals surface area contributed by atoms with Gasteiger partial charge in [-0.15, -0.1) is 0 Å². The highest BCUT2D eigenvalue weighted by molar-refractivity contribution is 5.40. The number of nitrogens with one attached hydrogen (secondary N) is 1. The van der Waals surface area contributed by atoms with Crippen molar-refractivity contribution in [1.29, 1.82) is 0 Å². The normalized spacial score (nSPS) is 10.2. The lowest BCUT2D eigenvalue weighted by atomic mass is 10.1. The second kappa shape index (κ2) is 7.55. The van der Waals surface area contributed by atoms with Crippen molar-refractivity contribution in [3.63, 3.8) is 0 Å². The van der Waals surface area contributed by atoms with Crippen LogP contribution in [0.3, 0.4) is 0 Å². The summed E-state index contributed by atoms with van der Waals surface area (Å²) in [4.78, 5) is 0. The lowest BCUT2D eigenvalue weighted by Crippen LogP contribution is -2.13. The molecule has 0 saturated carbocycles. The summed E-state index contributed by atoms with van der Waals surface area (Å²) in [6.45, 7) is 1.47. The van der Waals surface area contributed by atoms with Crippen molar-refractivity contribution in [3.8, 4) is 17.2 Å². The van der Waals surface area contributed by atoms with Gasteiger partial charge in [-0.2, -0.15) is 0 Å². The van der Waals surface area contributed by atoms with Gasteiger partial charge in [0.05, 0.1) is 21.3 Å². The van der Waals surface area contributed by atoms with E-state index in [1.165, 1.54) is 5.56 Å². The quantitative estimate of drug-likeness (QED) is 0.850. The summed E-state index contributed by atoms with van der Waals surface area (Å²) in [6, 6.07) is 13.8. The molecule has 0 atom stereocenters. The maximum absolute atomic E-state index is 5.37. The minimum atomic E-state index is 0.706. The Balaban J connectivity index is 1.99. The first-order valence-corrected chi connectivity index (χ1v) is 6.81. The van der Waals surface area contributed by atoms with Crippen LogP contribution < -0.4 is 19.5 Å². The zero-order valence-corrected chi connectivity index (χ0v) is 12.7. The highest BCUT2D eigenvalue weighted by Crippen LogP contribution is 2.23. The van der Waals surface area contributed by atoms with Gasteiger partial charge in [-0.25, -0.2) is 0 Å². The summed E-state index contributed by atoms with van der Waals surface area (Å²) in [5.74, 6) is 2.55. The number of ether oxygens (including phenoxy) is 3. The third-order valence-electron chi connectivity index (χ3n) is 3.27. The van der Waals surface area contributed by atoms with E-state index in [0.29, 0.717) is 6.54 Å². The smallest absolute Gasteiger partial charge is 0.123 e. The van der Waals surface area contributed by atoms with Gasteiger partial charge in [0.1, 0.15) is 17.2 Å². The molecule has 1 N–H and O–H groups in total. The summed E-state index contributed by atoms with van der Waals surface area (Å²) >= 11 is 0. The molecule has 0 aliphatic carbocycles. The van der Waals surface area contributed by atoms with E-state index in [2.05, 4.69) is 11.4 Å². The number of hydrogen-bond donors (Lipinski definition) is 1. The number of methoxy groups -OCH3 is 3. The monoisotopic (exact) mass is 287 g/mol. The van der Waals surface area contributed by atoms with Gasteiger partial charge in [0.15, 0.2) is 0 Å². The second-order valence-electron chi connectivity index (χ2n) is 4.63. The third-order valence-corrected chi connectivity index (χ3v) is 3.27. The molecule has 0 fully saturated rings. The first kappa shape index (κ1) is 15.2. The molecule has 0 bridgehead atoms. The van der Waals surface area contributed by atoms with Gasteiger partial charge < -0.3 is 19.5 Å². The standard InChI is InChI=1S/C17H21NO3/c1-19-15-6-4-5-13(9-15)11-18-12-14-10-16(20-2)7-8-17(14)21-3/h4-10,18H,11-12H2,1-3H3. The van der Waals surface area contributed by atoms with Gasteiger partial charge in [-0.3, -0.25) is 0 Å². The van der Waals surface area contributed by atoms with Gasteiger partial charge in [0, 0.05) is 18.7 Å². The van der Waals surface area contributed by atoms with E-state index in [-0.39, 0.29) is 0 Å². The van der Waals surface area contributed by atoms with Crippen LogP contribution >= 0.6 is 0 Å². The average Bonchev–Trinajstić information content (AvgIpc) is 2.55. The minimum Gasteiger partial charge on any atom is -0.497 e. The fourth-order valence-electron chi connectivity index (χ4n) is 2.14. The zero-order valence-electron chi connectivity index (χ0n) is 12.7. The Morgan fingerprint density at radius 2 is 1.57 bits per heavy atom. The lowest BCUT2D eigenvalue weighted by molar-refractivity contribution is 0.397. The highest BCUT2D eigenvalue weighted by atomic mass is 16.5. The van der Waals surface area contributed by atoms with E-state index < -0.39 is 0 Å². The fourth-order valence-corrected chi connectivity index (χ4v) is 2.14. The van der Waals surface area contributed by atoms with Crippen LogP contribution in [0.5, 0.6) is 17.2 Å². The number of hydrogen-bond acceptors (Lipinski definition) is 4. The van der Waals surface area contributed by atoms with Crippen LogP contribution in [0.1, 0.15) is 11.1 Å². The van der Waals surface area contributed by atoms with Gasteiger partial charge in [0.25, 0.3) is 0 Å². The molecule has 4 nitrogen and oxygen atoms in total. The van der Waals surface area contributed by atoms with Crippen molar-refractivity contribution < 1.29 is 14.2 Å². The largest absolute Gasteiger partial charge is 0.497 e.